The molecule has 0 unspecified atom stereocenters. The van der Waals surface area contributed by atoms with Crippen molar-refractivity contribution >= 4 is 23.7 Å². The Morgan fingerprint density at radius 1 is 1.00 bits per heavy atom. The second kappa shape index (κ2) is 15.0. The Kier molecular flexibility index (Phi) is 11.3. The molecule has 0 saturated heterocycles. The minimum Gasteiger partial charge on any atom is -0.442 e. The maximum atomic E-state index is 12.4. The van der Waals surface area contributed by atoms with Crippen LogP contribution in [0.1, 0.15) is 103 Å². The van der Waals surface area contributed by atoms with E-state index >= 15 is 0 Å². The molecule has 7 nitrogen and oxygen atoms in total. The van der Waals surface area contributed by atoms with Gasteiger partial charge in [-0.15, -0.1) is 4.99 Å². The molecule has 0 bridgehead atoms. The second-order valence-corrected chi connectivity index (χ2v) is 8.33. The zero-order valence-corrected chi connectivity index (χ0v) is 18.8. The van der Waals surface area contributed by atoms with Gasteiger partial charge in [-0.05, 0) is 34.1 Å². The van der Waals surface area contributed by atoms with Crippen LogP contribution in [-0.2, 0) is 14.3 Å². The van der Waals surface area contributed by atoms with E-state index in [0.29, 0.717) is 11.3 Å². The van der Waals surface area contributed by atoms with E-state index in [1.54, 1.807) is 20.8 Å². The van der Waals surface area contributed by atoms with E-state index in [1.807, 2.05) is 0 Å². The fraction of sp³-hybridized carbons (Fsp3) is 0.818. The van der Waals surface area contributed by atoms with Crippen molar-refractivity contribution in [2.45, 2.75) is 104 Å². The molecule has 0 radical (unpaired) electrons. The topological polar surface area (TPSA) is 88.1 Å². The number of rotatable bonds is 12. The molecule has 1 N–H and O–H groups in total. The number of ether oxygens (including phenoxy) is 1. The van der Waals surface area contributed by atoms with Crippen molar-refractivity contribution < 1.29 is 23.2 Å². The number of nitrogens with zero attached hydrogens (tertiary/aromatic N) is 2. The first-order valence-electron chi connectivity index (χ1n) is 12.1. The van der Waals surface area contributed by atoms with Crippen molar-refractivity contribution in [3.05, 3.63) is 0 Å². The lowest BCUT2D eigenvalue weighted by molar-refractivity contribution is -0.120. The van der Waals surface area contributed by atoms with Crippen LogP contribution in [0.25, 0.3) is 0 Å². The van der Waals surface area contributed by atoms with Crippen LogP contribution in [0.2, 0.25) is 0 Å². The van der Waals surface area contributed by atoms with Gasteiger partial charge in [0.1, 0.15) is 11.4 Å². The molecule has 2 amide bonds. The van der Waals surface area contributed by atoms with E-state index in [9.17, 15) is 14.4 Å². The summed E-state index contributed by atoms with van der Waals surface area (Å²) in [6.45, 7) is 5.01. The molecular weight excluding hydrogens is 370 g/mol. The van der Waals surface area contributed by atoms with E-state index in [2.05, 4.69) is 17.2 Å². The molecule has 0 heterocycles. The maximum absolute atomic E-state index is 12.4. The monoisotopic (exact) mass is 414 g/mol. The Bertz CT molecular complexity index is 629. The van der Waals surface area contributed by atoms with Crippen molar-refractivity contribution in [2.24, 2.45) is 4.99 Å². The Balaban J connectivity index is 4.96. The minimum absolute atomic E-state index is 0.165. The van der Waals surface area contributed by atoms with Gasteiger partial charge in [-0.25, -0.2) is 4.79 Å². The summed E-state index contributed by atoms with van der Waals surface area (Å²) in [6, 6.07) is 0. The van der Waals surface area contributed by atoms with Crippen LogP contribution in [0.3, 0.4) is 0 Å². The lowest BCUT2D eigenvalue weighted by Gasteiger charge is -2.22. The highest BCUT2D eigenvalue weighted by Crippen LogP contribution is 2.11. The van der Waals surface area contributed by atoms with Crippen LogP contribution >= 0.6 is 0 Å². The fourth-order valence-electron chi connectivity index (χ4n) is 2.61. The molecule has 0 atom stereocenters. The summed E-state index contributed by atoms with van der Waals surface area (Å²) in [7, 11) is 0. The van der Waals surface area contributed by atoms with Crippen LogP contribution in [0, 0.1) is 0 Å². The molecule has 0 aromatic rings. The number of carbonyl (C=O) groups excluding carboxylic acids is 3. The molecule has 168 valence electrons. The summed E-state index contributed by atoms with van der Waals surface area (Å²) in [4.78, 5) is 40.4. The van der Waals surface area contributed by atoms with Gasteiger partial charge in [-0.2, -0.15) is 0 Å². The Labute approximate surface area is 180 Å². The fourth-order valence-corrected chi connectivity index (χ4v) is 2.61. The number of likely N-dealkylation sites (N-methyl/N-ethyl adjacent to an activating group) is 1. The number of hydrogen-bond donors (Lipinski definition) is 1. The van der Waals surface area contributed by atoms with Crippen molar-refractivity contribution in [1.29, 1.82) is 0 Å². The van der Waals surface area contributed by atoms with Gasteiger partial charge in [-0.1, -0.05) is 58.3 Å². The lowest BCUT2D eigenvalue weighted by Crippen LogP contribution is -2.44. The molecule has 0 fully saturated rings. The van der Waals surface area contributed by atoms with Gasteiger partial charge in [0.2, 0.25) is 11.9 Å². The summed E-state index contributed by atoms with van der Waals surface area (Å²) in [6.07, 6.45) is 8.98. The molecule has 0 spiro atoms. The molecular formula is C22H41N3O4. The first kappa shape index (κ1) is 21.8. The van der Waals surface area contributed by atoms with Gasteiger partial charge in [-0.3, -0.25) is 14.9 Å². The van der Waals surface area contributed by atoms with Crippen LogP contribution < -0.4 is 5.32 Å². The van der Waals surface area contributed by atoms with E-state index in [1.165, 1.54) is 39.0 Å². The molecule has 29 heavy (non-hydrogen) atoms. The van der Waals surface area contributed by atoms with Crippen molar-refractivity contribution in [3.8, 4) is 0 Å². The van der Waals surface area contributed by atoms with Crippen LogP contribution in [0.15, 0.2) is 4.99 Å². The highest BCUT2D eigenvalue weighted by Gasteiger charge is 2.19. The SMILES string of the molecule is [2H]C([2H])([2H])N(CC(C)=O)C(=NC(=O)OC(C)(C)C)NC(=O)CCCCCCCCCCC. The molecule has 7 heteroatoms. The number of amides is 2. The smallest absolute Gasteiger partial charge is 0.437 e. The molecule has 0 aromatic carbocycles. The molecule has 0 aliphatic heterocycles. The number of carbonyl (C=O) groups is 3. The van der Waals surface area contributed by atoms with Gasteiger partial charge >= 0.3 is 6.09 Å². The zero-order chi connectivity index (χ0) is 24.8. The normalized spacial score (nSPS) is 13.8. The average Bonchev–Trinajstić information content (AvgIpc) is 2.61. The average molecular weight is 415 g/mol. The first-order chi connectivity index (χ1) is 14.8. The number of hydrogen-bond acceptors (Lipinski definition) is 4. The summed E-state index contributed by atoms with van der Waals surface area (Å²) in [5.41, 5.74) is -0.850. The Morgan fingerprint density at radius 3 is 2.03 bits per heavy atom. The predicted octanol–water partition coefficient (Wildman–Crippen LogP) is 4.84. The molecule has 0 aromatic heterocycles. The van der Waals surface area contributed by atoms with Crippen molar-refractivity contribution in [2.75, 3.05) is 13.5 Å². The summed E-state index contributed by atoms with van der Waals surface area (Å²) in [5, 5.41) is 2.39. The van der Waals surface area contributed by atoms with Gasteiger partial charge in [0.25, 0.3) is 0 Å². The third kappa shape index (κ3) is 16.7. The van der Waals surface area contributed by atoms with Crippen molar-refractivity contribution in [1.82, 2.24) is 10.2 Å². The van der Waals surface area contributed by atoms with Crippen LogP contribution in [-0.4, -0.2) is 47.8 Å². The van der Waals surface area contributed by atoms with E-state index in [-0.39, 0.29) is 6.42 Å². The standard InChI is InChI=1S/C22H41N3O4/c1-7-8-9-10-11-12-13-14-15-16-19(27)23-20(25(6)17-18(2)26)24-21(28)29-22(3,4)5/h7-17H2,1-6H3,(H,23,24,27,28)/i6D3. The number of unbranched alkanes of at least 4 members (excludes halogenated alkanes) is 8. The number of nitrogens with one attached hydrogen (secondary N) is 1. The van der Waals surface area contributed by atoms with Gasteiger partial charge in [0.15, 0.2) is 0 Å². The first-order valence-corrected chi connectivity index (χ1v) is 10.6. The predicted molar refractivity (Wildman–Crippen MR) is 117 cm³/mol. The maximum Gasteiger partial charge on any atom is 0.437 e. The Morgan fingerprint density at radius 2 is 1.55 bits per heavy atom. The van der Waals surface area contributed by atoms with E-state index < -0.39 is 42.9 Å². The van der Waals surface area contributed by atoms with Gasteiger partial charge < -0.3 is 9.64 Å². The molecule has 0 rings (SSSR count). The van der Waals surface area contributed by atoms with E-state index in [4.69, 9.17) is 8.85 Å². The van der Waals surface area contributed by atoms with Crippen LogP contribution in [0.5, 0.6) is 0 Å². The zero-order valence-electron chi connectivity index (χ0n) is 21.8. The third-order valence-corrected chi connectivity index (χ3v) is 3.99. The summed E-state index contributed by atoms with van der Waals surface area (Å²) >= 11 is 0. The van der Waals surface area contributed by atoms with E-state index in [0.717, 1.165) is 19.3 Å². The van der Waals surface area contributed by atoms with Crippen molar-refractivity contribution in [3.63, 3.8) is 0 Å². The van der Waals surface area contributed by atoms with Gasteiger partial charge in [0, 0.05) is 17.5 Å². The summed E-state index contributed by atoms with van der Waals surface area (Å²) in [5.74, 6) is -1.42. The minimum atomic E-state index is -2.78. The lowest BCUT2D eigenvalue weighted by atomic mass is 10.1. The summed E-state index contributed by atoms with van der Waals surface area (Å²) < 4.78 is 28.1. The number of ketones is 1. The number of Topliss-reactive ketones (excluding diaryl/α,β-unsaturated/α-hetero) is 1. The highest BCUT2D eigenvalue weighted by molar-refractivity contribution is 6.01. The van der Waals surface area contributed by atoms with Crippen LogP contribution in [0.4, 0.5) is 4.79 Å². The molecule has 0 aliphatic carbocycles. The number of aliphatic imine (C=N–C) groups is 1. The van der Waals surface area contributed by atoms with Gasteiger partial charge in [0.05, 0.1) is 6.54 Å². The largest absolute Gasteiger partial charge is 0.442 e. The Hall–Kier alpha value is -1.92. The second-order valence-electron chi connectivity index (χ2n) is 8.33. The quantitative estimate of drug-likeness (QED) is 0.280. The molecule has 0 saturated carbocycles. The number of guanidine groups is 1. The highest BCUT2D eigenvalue weighted by atomic mass is 16.6. The third-order valence-electron chi connectivity index (χ3n) is 3.99. The molecule has 0 aliphatic rings.